The highest BCUT2D eigenvalue weighted by Gasteiger charge is 1.91. The molecule has 9 heavy (non-hydrogen) atoms. The lowest BCUT2D eigenvalue weighted by molar-refractivity contribution is -0.597. The van der Waals surface area contributed by atoms with Gasteiger partial charge >= 0.3 is 0 Å². The van der Waals surface area contributed by atoms with Crippen molar-refractivity contribution in [3.8, 4) is 0 Å². The van der Waals surface area contributed by atoms with E-state index in [0.29, 0.717) is 0 Å². The summed E-state index contributed by atoms with van der Waals surface area (Å²) in [4.78, 5) is 17.0. The molecule has 0 bridgehead atoms. The van der Waals surface area contributed by atoms with Crippen LogP contribution in [0.5, 0.6) is 0 Å². The third kappa shape index (κ3) is 31.5. The molecule has 1 atom stereocenters. The molecule has 6 heteroatoms. The van der Waals surface area contributed by atoms with E-state index in [1.54, 1.807) is 0 Å². The van der Waals surface area contributed by atoms with E-state index >= 15 is 0 Å². The van der Waals surface area contributed by atoms with Crippen LogP contribution in [0.15, 0.2) is 0 Å². The number of phosphoric acid groups is 1. The number of hydrogen-bond acceptors (Lipinski definition) is 3. The maximum absolute atomic E-state index is 9.36. The van der Waals surface area contributed by atoms with Crippen LogP contribution >= 0.6 is 7.82 Å². The first-order chi connectivity index (χ1) is 3.97. The third-order valence-electron chi connectivity index (χ3n) is 0.231. The lowest BCUT2D eigenvalue weighted by Gasteiger charge is -2.09. The number of quaternary nitrogens is 1. The quantitative estimate of drug-likeness (QED) is 0.427. The molecule has 0 spiro atoms. The van der Waals surface area contributed by atoms with Crippen molar-refractivity contribution in [3.63, 3.8) is 0 Å². The van der Waals surface area contributed by atoms with Crippen LogP contribution in [0.3, 0.4) is 0 Å². The Balaban J connectivity index is 0. The summed E-state index contributed by atoms with van der Waals surface area (Å²) < 4.78 is 12.9. The van der Waals surface area contributed by atoms with Gasteiger partial charge in [-0.1, -0.05) is 0 Å². The molecule has 0 aliphatic rings. The molecular formula is C3H12NO4P. The summed E-state index contributed by atoms with van der Waals surface area (Å²) in [5, 5.41) is 2.00. The van der Waals surface area contributed by atoms with Crippen molar-refractivity contribution in [1.82, 2.24) is 0 Å². The monoisotopic (exact) mass is 157 g/mol. The summed E-state index contributed by atoms with van der Waals surface area (Å²) in [6, 6.07) is 0. The molecule has 0 aromatic rings. The number of phosphoric ester groups is 1. The van der Waals surface area contributed by atoms with E-state index in [1.165, 1.54) is 0 Å². The smallest absolute Gasteiger partial charge is 0.264 e. The Morgan fingerprint density at radius 2 is 1.78 bits per heavy atom. The molecule has 0 rings (SSSR count). The molecule has 0 aliphatic carbocycles. The predicted octanol–water partition coefficient (Wildman–Crippen LogP) is -2.10. The van der Waals surface area contributed by atoms with Crippen LogP contribution in [0.4, 0.5) is 0 Å². The SMILES string of the molecule is COP(=O)([O-])O.C[NH2+]C. The van der Waals surface area contributed by atoms with E-state index in [1.807, 2.05) is 19.4 Å². The molecule has 3 N–H and O–H groups in total. The summed E-state index contributed by atoms with van der Waals surface area (Å²) in [7, 11) is 0.486. The molecule has 0 saturated carbocycles. The van der Waals surface area contributed by atoms with Gasteiger partial charge in [-0.2, -0.15) is 0 Å². The van der Waals surface area contributed by atoms with Gasteiger partial charge in [-0.3, -0.25) is 4.57 Å². The second-order valence-electron chi connectivity index (χ2n) is 1.23. The summed E-state index contributed by atoms with van der Waals surface area (Å²) in [6.45, 7) is 0. The Morgan fingerprint density at radius 3 is 1.78 bits per heavy atom. The highest BCUT2D eigenvalue weighted by atomic mass is 31.2. The lowest BCUT2D eigenvalue weighted by atomic mass is 11.3. The second-order valence-corrected chi connectivity index (χ2v) is 2.53. The standard InChI is InChI=1S/C2H7N.CH5O4P/c1-3-2;1-5-6(2,3)4/h3H,1-2H3;1H3,(H2,2,3,4). The van der Waals surface area contributed by atoms with E-state index in [-0.39, 0.29) is 0 Å². The van der Waals surface area contributed by atoms with Crippen molar-refractivity contribution in [2.75, 3.05) is 21.2 Å². The van der Waals surface area contributed by atoms with Gasteiger partial charge in [0, 0.05) is 7.11 Å². The van der Waals surface area contributed by atoms with Gasteiger partial charge in [0.15, 0.2) is 0 Å². The van der Waals surface area contributed by atoms with E-state index in [2.05, 4.69) is 4.52 Å². The first-order valence-corrected chi connectivity index (χ1v) is 3.81. The van der Waals surface area contributed by atoms with E-state index < -0.39 is 7.82 Å². The van der Waals surface area contributed by atoms with Crippen molar-refractivity contribution in [2.24, 2.45) is 0 Å². The maximum Gasteiger partial charge on any atom is 0.264 e. The predicted molar refractivity (Wildman–Crippen MR) is 30.6 cm³/mol. The number of nitrogens with two attached hydrogens (primary N) is 1. The van der Waals surface area contributed by atoms with Crippen LogP contribution in [0, 0.1) is 0 Å². The molecule has 1 unspecified atom stereocenters. The Bertz CT molecular complexity index is 89.8. The van der Waals surface area contributed by atoms with Gasteiger partial charge in [0.25, 0.3) is 7.82 Å². The molecule has 0 saturated heterocycles. The lowest BCUT2D eigenvalue weighted by Crippen LogP contribution is -2.74. The summed E-state index contributed by atoms with van der Waals surface area (Å²) >= 11 is 0. The fourth-order valence-electron chi connectivity index (χ4n) is 0. The molecule has 0 fully saturated rings. The molecule has 0 aromatic carbocycles. The Morgan fingerprint density at radius 1 is 1.67 bits per heavy atom. The van der Waals surface area contributed by atoms with Gasteiger partial charge in [0.05, 0.1) is 14.1 Å². The topological polar surface area (TPSA) is 86.2 Å². The zero-order valence-electron chi connectivity index (χ0n) is 5.70. The van der Waals surface area contributed by atoms with Crippen molar-refractivity contribution >= 4 is 7.82 Å². The molecule has 0 radical (unpaired) electrons. The fraction of sp³-hybridized carbons (Fsp3) is 1.00. The zero-order chi connectivity index (χ0) is 7.91. The maximum atomic E-state index is 9.36. The fourth-order valence-corrected chi connectivity index (χ4v) is 0. The van der Waals surface area contributed by atoms with Gasteiger partial charge in [-0.05, 0) is 0 Å². The van der Waals surface area contributed by atoms with Crippen LogP contribution in [0.2, 0.25) is 0 Å². The van der Waals surface area contributed by atoms with Crippen molar-refractivity contribution in [2.45, 2.75) is 0 Å². The molecule has 0 aliphatic heterocycles. The largest absolute Gasteiger partial charge is 0.756 e. The number of hydrogen-bond donors (Lipinski definition) is 2. The van der Waals surface area contributed by atoms with Crippen LogP contribution < -0.4 is 10.2 Å². The van der Waals surface area contributed by atoms with Gasteiger partial charge in [-0.25, -0.2) is 0 Å². The highest BCUT2D eigenvalue weighted by molar-refractivity contribution is 7.44. The Kier molecular flexibility index (Phi) is 8.13. The van der Waals surface area contributed by atoms with Crippen LogP contribution in [0.25, 0.3) is 0 Å². The van der Waals surface area contributed by atoms with Crippen molar-refractivity contribution in [1.29, 1.82) is 0 Å². The molecular weight excluding hydrogens is 145 g/mol. The number of rotatable bonds is 1. The molecule has 0 amide bonds. The van der Waals surface area contributed by atoms with Crippen molar-refractivity contribution in [3.05, 3.63) is 0 Å². The van der Waals surface area contributed by atoms with Crippen LogP contribution in [-0.4, -0.2) is 26.1 Å². The molecule has 5 nitrogen and oxygen atoms in total. The minimum Gasteiger partial charge on any atom is -0.756 e. The Hall–Kier alpha value is 0.0700. The highest BCUT2D eigenvalue weighted by Crippen LogP contribution is 2.27. The summed E-state index contributed by atoms with van der Waals surface area (Å²) in [6.07, 6.45) is 0. The average Bonchev–Trinajstić information content (AvgIpc) is 1.67. The molecule has 0 heterocycles. The first kappa shape index (κ1) is 11.8. The van der Waals surface area contributed by atoms with Gasteiger partial charge < -0.3 is 19.6 Å². The minimum absolute atomic E-state index is 0.883. The zero-order valence-corrected chi connectivity index (χ0v) is 6.59. The van der Waals surface area contributed by atoms with Gasteiger partial charge in [0.1, 0.15) is 0 Å². The summed E-state index contributed by atoms with van der Waals surface area (Å²) in [5.41, 5.74) is 0. The first-order valence-electron chi connectivity index (χ1n) is 2.31. The Labute approximate surface area is 54.3 Å². The van der Waals surface area contributed by atoms with E-state index in [4.69, 9.17) is 4.89 Å². The molecule has 58 valence electrons. The second kappa shape index (κ2) is 6.19. The van der Waals surface area contributed by atoms with Gasteiger partial charge in [-0.15, -0.1) is 0 Å². The van der Waals surface area contributed by atoms with Crippen molar-refractivity contribution < 1.29 is 24.2 Å². The van der Waals surface area contributed by atoms with E-state index in [0.717, 1.165) is 7.11 Å². The molecule has 0 aromatic heterocycles. The minimum atomic E-state index is -4.40. The van der Waals surface area contributed by atoms with Crippen LogP contribution in [-0.2, 0) is 9.09 Å². The summed E-state index contributed by atoms with van der Waals surface area (Å²) in [5.74, 6) is 0. The van der Waals surface area contributed by atoms with Gasteiger partial charge in [0.2, 0.25) is 0 Å². The third-order valence-corrected chi connectivity index (χ3v) is 0.692. The van der Waals surface area contributed by atoms with Crippen LogP contribution in [0.1, 0.15) is 0 Å². The van der Waals surface area contributed by atoms with E-state index in [9.17, 15) is 9.46 Å². The normalized spacial score (nSPS) is 15.2. The average molecular weight is 157 g/mol.